The minimum absolute atomic E-state index is 0.0720. The van der Waals surface area contributed by atoms with Crippen LogP contribution in [-0.2, 0) is 4.79 Å². The molecule has 1 atom stereocenters. The first-order valence-corrected chi connectivity index (χ1v) is 8.23. The van der Waals surface area contributed by atoms with Crippen LogP contribution < -0.4 is 14.8 Å². The number of methoxy groups -OCH3 is 2. The standard InChI is InChI=1S/C18H20N2O6/c1-24-14-6-5-11(7-15(14)25-2)12(9-17(21)22)19-18(23)16-8-13(20-26-16)10-3-4-10/h5-8,10,12H,3-4,9H2,1-2H3,(H,19,23)(H,21,22). The Morgan fingerprint density at radius 3 is 2.62 bits per heavy atom. The summed E-state index contributed by atoms with van der Waals surface area (Å²) >= 11 is 0. The van der Waals surface area contributed by atoms with Crippen LogP contribution in [0.5, 0.6) is 11.5 Å². The molecule has 2 aromatic rings. The van der Waals surface area contributed by atoms with E-state index in [1.54, 1.807) is 24.3 Å². The molecule has 2 N–H and O–H groups in total. The van der Waals surface area contributed by atoms with E-state index in [-0.39, 0.29) is 12.2 Å². The van der Waals surface area contributed by atoms with E-state index >= 15 is 0 Å². The van der Waals surface area contributed by atoms with Crippen molar-refractivity contribution in [3.05, 3.63) is 41.3 Å². The Labute approximate surface area is 150 Å². The molecule has 8 heteroatoms. The zero-order valence-corrected chi connectivity index (χ0v) is 14.5. The monoisotopic (exact) mass is 360 g/mol. The van der Waals surface area contributed by atoms with E-state index in [1.165, 1.54) is 14.2 Å². The molecule has 1 aromatic carbocycles. The van der Waals surface area contributed by atoms with Crippen LogP contribution in [0.25, 0.3) is 0 Å². The van der Waals surface area contributed by atoms with Gasteiger partial charge in [-0.25, -0.2) is 0 Å². The van der Waals surface area contributed by atoms with Crippen molar-refractivity contribution in [2.24, 2.45) is 0 Å². The lowest BCUT2D eigenvalue weighted by molar-refractivity contribution is -0.137. The summed E-state index contributed by atoms with van der Waals surface area (Å²) in [6.45, 7) is 0. The van der Waals surface area contributed by atoms with E-state index in [0.717, 1.165) is 18.5 Å². The Morgan fingerprint density at radius 2 is 2.00 bits per heavy atom. The van der Waals surface area contributed by atoms with Gasteiger partial charge in [0.15, 0.2) is 11.5 Å². The molecule has 1 saturated carbocycles. The maximum Gasteiger partial charge on any atom is 0.305 e. The minimum atomic E-state index is -1.04. The van der Waals surface area contributed by atoms with Crippen molar-refractivity contribution in [3.63, 3.8) is 0 Å². The zero-order valence-electron chi connectivity index (χ0n) is 14.5. The molecule has 1 amide bonds. The van der Waals surface area contributed by atoms with Crippen LogP contribution in [0.3, 0.4) is 0 Å². The van der Waals surface area contributed by atoms with Crippen molar-refractivity contribution < 1.29 is 28.7 Å². The molecule has 0 radical (unpaired) electrons. The summed E-state index contributed by atoms with van der Waals surface area (Å²) in [6.07, 6.45) is 1.80. The molecule has 1 fully saturated rings. The predicted molar refractivity (Wildman–Crippen MR) is 90.5 cm³/mol. The van der Waals surface area contributed by atoms with Gasteiger partial charge in [0.25, 0.3) is 5.91 Å². The summed E-state index contributed by atoms with van der Waals surface area (Å²) < 4.78 is 15.5. The number of benzene rings is 1. The predicted octanol–water partition coefficient (Wildman–Crippen LogP) is 2.52. The van der Waals surface area contributed by atoms with E-state index in [0.29, 0.717) is 23.0 Å². The maximum atomic E-state index is 12.5. The van der Waals surface area contributed by atoms with Crippen LogP contribution in [0.4, 0.5) is 0 Å². The summed E-state index contributed by atoms with van der Waals surface area (Å²) in [5.41, 5.74) is 1.34. The quantitative estimate of drug-likeness (QED) is 0.744. The molecule has 138 valence electrons. The molecule has 1 aromatic heterocycles. The number of carboxylic acids is 1. The van der Waals surface area contributed by atoms with Gasteiger partial charge in [0.1, 0.15) is 0 Å². The van der Waals surface area contributed by atoms with Crippen molar-refractivity contribution in [3.8, 4) is 11.5 Å². The lowest BCUT2D eigenvalue weighted by atomic mass is 10.0. The smallest absolute Gasteiger partial charge is 0.305 e. The molecule has 0 aliphatic heterocycles. The van der Waals surface area contributed by atoms with Crippen LogP contribution in [0, 0.1) is 0 Å². The average Bonchev–Trinajstić information content (AvgIpc) is 3.36. The first-order chi connectivity index (χ1) is 12.5. The second-order valence-electron chi connectivity index (χ2n) is 6.13. The Morgan fingerprint density at radius 1 is 1.27 bits per heavy atom. The number of hydrogen-bond acceptors (Lipinski definition) is 6. The number of hydrogen-bond donors (Lipinski definition) is 2. The number of carbonyl (C=O) groups is 2. The van der Waals surface area contributed by atoms with Gasteiger partial charge in [-0.2, -0.15) is 0 Å². The van der Waals surface area contributed by atoms with Crippen LogP contribution >= 0.6 is 0 Å². The van der Waals surface area contributed by atoms with E-state index < -0.39 is 17.9 Å². The fraction of sp³-hybridized carbons (Fsp3) is 0.389. The van der Waals surface area contributed by atoms with Crippen molar-refractivity contribution >= 4 is 11.9 Å². The molecule has 1 unspecified atom stereocenters. The number of rotatable bonds is 8. The second kappa shape index (κ2) is 7.47. The van der Waals surface area contributed by atoms with Gasteiger partial charge in [0, 0.05) is 12.0 Å². The molecule has 1 aliphatic rings. The normalized spacial score (nSPS) is 14.5. The number of amides is 1. The number of carbonyl (C=O) groups excluding carboxylic acids is 1. The van der Waals surface area contributed by atoms with Crippen molar-refractivity contribution in [1.82, 2.24) is 10.5 Å². The van der Waals surface area contributed by atoms with Gasteiger partial charge in [-0.05, 0) is 30.5 Å². The number of aromatic nitrogens is 1. The highest BCUT2D eigenvalue weighted by molar-refractivity contribution is 5.92. The number of ether oxygens (including phenoxy) is 2. The Bertz CT molecular complexity index is 812. The van der Waals surface area contributed by atoms with Crippen molar-refractivity contribution in [1.29, 1.82) is 0 Å². The number of carboxylic acid groups (broad SMARTS) is 1. The van der Waals surface area contributed by atoms with Gasteiger partial charge < -0.3 is 24.4 Å². The highest BCUT2D eigenvalue weighted by Gasteiger charge is 2.29. The van der Waals surface area contributed by atoms with Crippen molar-refractivity contribution in [2.75, 3.05) is 14.2 Å². The highest BCUT2D eigenvalue weighted by atomic mass is 16.5. The van der Waals surface area contributed by atoms with Crippen LogP contribution in [-0.4, -0.2) is 36.4 Å². The molecular weight excluding hydrogens is 340 g/mol. The van der Waals surface area contributed by atoms with Crippen molar-refractivity contribution in [2.45, 2.75) is 31.2 Å². The molecule has 3 rings (SSSR count). The second-order valence-corrected chi connectivity index (χ2v) is 6.13. The lowest BCUT2D eigenvalue weighted by Gasteiger charge is -2.18. The third kappa shape index (κ3) is 3.96. The molecule has 1 heterocycles. The molecule has 1 aliphatic carbocycles. The third-order valence-corrected chi connectivity index (χ3v) is 4.24. The SMILES string of the molecule is COc1ccc(C(CC(=O)O)NC(=O)c2cc(C3CC3)no2)cc1OC. The van der Waals surface area contributed by atoms with Gasteiger partial charge in [-0.3, -0.25) is 9.59 Å². The molecule has 8 nitrogen and oxygen atoms in total. The summed E-state index contributed by atoms with van der Waals surface area (Å²) in [5, 5.41) is 15.8. The maximum absolute atomic E-state index is 12.5. The molecule has 0 saturated heterocycles. The molecule has 0 spiro atoms. The van der Waals surface area contributed by atoms with Crippen LogP contribution in [0.15, 0.2) is 28.8 Å². The first kappa shape index (κ1) is 17.8. The van der Waals surface area contributed by atoms with Gasteiger partial charge in [0.2, 0.25) is 5.76 Å². The fourth-order valence-corrected chi connectivity index (χ4v) is 2.69. The topological polar surface area (TPSA) is 111 Å². The van der Waals surface area contributed by atoms with E-state index in [4.69, 9.17) is 14.0 Å². The van der Waals surface area contributed by atoms with Gasteiger partial charge >= 0.3 is 5.97 Å². The largest absolute Gasteiger partial charge is 0.493 e. The van der Waals surface area contributed by atoms with Crippen LogP contribution in [0.1, 0.15) is 53.0 Å². The fourth-order valence-electron chi connectivity index (χ4n) is 2.69. The summed E-state index contributed by atoms with van der Waals surface area (Å²) in [6, 6.07) is 5.84. The summed E-state index contributed by atoms with van der Waals surface area (Å²) in [4.78, 5) is 23.7. The first-order valence-electron chi connectivity index (χ1n) is 8.23. The van der Waals surface area contributed by atoms with E-state index in [2.05, 4.69) is 10.5 Å². The Balaban J connectivity index is 1.80. The number of aliphatic carboxylic acids is 1. The van der Waals surface area contributed by atoms with Gasteiger partial charge in [-0.15, -0.1) is 0 Å². The Kier molecular flexibility index (Phi) is 5.11. The van der Waals surface area contributed by atoms with Crippen LogP contribution in [0.2, 0.25) is 0 Å². The van der Waals surface area contributed by atoms with Gasteiger partial charge in [0.05, 0.1) is 32.4 Å². The molecular formula is C18H20N2O6. The molecule has 0 bridgehead atoms. The third-order valence-electron chi connectivity index (χ3n) is 4.24. The number of nitrogens with zero attached hydrogens (tertiary/aromatic N) is 1. The average molecular weight is 360 g/mol. The summed E-state index contributed by atoms with van der Waals surface area (Å²) in [5.74, 6) is -0.151. The highest BCUT2D eigenvalue weighted by Crippen LogP contribution is 2.39. The molecule has 26 heavy (non-hydrogen) atoms. The van der Waals surface area contributed by atoms with E-state index in [1.807, 2.05) is 0 Å². The lowest BCUT2D eigenvalue weighted by Crippen LogP contribution is -2.30. The summed E-state index contributed by atoms with van der Waals surface area (Å²) in [7, 11) is 3.00. The van der Waals surface area contributed by atoms with E-state index in [9.17, 15) is 14.7 Å². The van der Waals surface area contributed by atoms with Gasteiger partial charge in [-0.1, -0.05) is 11.2 Å². The Hall–Kier alpha value is -3.03. The zero-order chi connectivity index (χ0) is 18.7. The number of nitrogens with one attached hydrogen (secondary N) is 1. The minimum Gasteiger partial charge on any atom is -0.493 e.